The summed E-state index contributed by atoms with van der Waals surface area (Å²) in [6.07, 6.45) is 0. The third-order valence-corrected chi connectivity index (χ3v) is 4.27. The fraction of sp³-hybridized carbons (Fsp3) is 0. The van der Waals surface area contributed by atoms with Crippen LogP contribution in [0.5, 0.6) is 11.5 Å². The fourth-order valence-corrected chi connectivity index (χ4v) is 2.66. The second kappa shape index (κ2) is 10.4. The van der Waals surface area contributed by atoms with Gasteiger partial charge in [0.15, 0.2) is 0 Å². The summed E-state index contributed by atoms with van der Waals surface area (Å²) in [6.45, 7) is 0. The van der Waals surface area contributed by atoms with E-state index in [0.29, 0.717) is 0 Å². The molecule has 0 saturated carbocycles. The van der Waals surface area contributed by atoms with Crippen LogP contribution in [0.25, 0.3) is 11.1 Å². The van der Waals surface area contributed by atoms with Crippen molar-refractivity contribution < 1.29 is 24.5 Å². The van der Waals surface area contributed by atoms with Crippen LogP contribution in [-0.2, 0) is 4.74 Å². The van der Waals surface area contributed by atoms with Gasteiger partial charge in [0.25, 0.3) is 0 Å². The fourth-order valence-electron chi connectivity index (χ4n) is 2.66. The quantitative estimate of drug-likeness (QED) is 0.345. The molecule has 5 nitrogen and oxygen atoms in total. The third kappa shape index (κ3) is 6.30. The number of phenols is 2. The number of hydrogen-bond acceptors (Lipinski definition) is 5. The maximum atomic E-state index is 11.6. The van der Waals surface area contributed by atoms with Crippen LogP contribution in [0.2, 0.25) is 0 Å². The maximum absolute atomic E-state index is 11.6. The minimum Gasteiger partial charge on any atom is -0.508 e. The van der Waals surface area contributed by atoms with E-state index in [1.165, 1.54) is 59.7 Å². The first-order valence-electron chi connectivity index (χ1n) is 9.48. The number of hydrogen-bond donors (Lipinski definition) is 2. The first-order valence-corrected chi connectivity index (χ1v) is 9.48. The Kier molecular flexibility index (Phi) is 7.16. The van der Waals surface area contributed by atoms with Gasteiger partial charge in [-0.2, -0.15) is 0 Å². The zero-order valence-electron chi connectivity index (χ0n) is 16.5. The van der Waals surface area contributed by atoms with Crippen LogP contribution in [0.3, 0.4) is 0 Å². The number of carbonyl (C=O) groups is 2. The van der Waals surface area contributed by atoms with E-state index in [0.717, 1.165) is 0 Å². The van der Waals surface area contributed by atoms with Gasteiger partial charge in [-0.3, -0.25) is 0 Å². The summed E-state index contributed by atoms with van der Waals surface area (Å²) in [5, 5.41) is 18.2. The predicted octanol–water partition coefficient (Wildman–Crippen LogP) is 5.45. The Morgan fingerprint density at radius 1 is 0.484 bits per heavy atom. The molecule has 4 rings (SSSR count). The topological polar surface area (TPSA) is 83.8 Å². The Labute approximate surface area is 179 Å². The van der Waals surface area contributed by atoms with Gasteiger partial charge in [-0.05, 0) is 59.7 Å². The molecule has 0 spiro atoms. The molecule has 0 atom stereocenters. The minimum atomic E-state index is -0.807. The van der Waals surface area contributed by atoms with Crippen molar-refractivity contribution in [3.8, 4) is 22.6 Å². The lowest BCUT2D eigenvalue weighted by Gasteiger charge is -2.03. The van der Waals surface area contributed by atoms with Gasteiger partial charge in [0.2, 0.25) is 0 Å². The first-order chi connectivity index (χ1) is 15.0. The van der Waals surface area contributed by atoms with Crippen LogP contribution in [0, 0.1) is 0 Å². The molecule has 0 bridgehead atoms. The second-order valence-electron chi connectivity index (χ2n) is 6.50. The molecule has 0 aromatic heterocycles. The Morgan fingerprint density at radius 3 is 1.13 bits per heavy atom. The Balaban J connectivity index is 0.000000194. The van der Waals surface area contributed by atoms with E-state index in [1.54, 1.807) is 0 Å². The molecule has 31 heavy (non-hydrogen) atoms. The van der Waals surface area contributed by atoms with E-state index in [1.807, 2.05) is 12.1 Å². The largest absolute Gasteiger partial charge is 0.508 e. The molecule has 0 aliphatic rings. The van der Waals surface area contributed by atoms with E-state index < -0.39 is 11.9 Å². The molecule has 2 N–H and O–H groups in total. The lowest BCUT2D eigenvalue weighted by molar-refractivity contribution is 0.0398. The molecule has 4 aromatic carbocycles. The minimum absolute atomic E-state index is 0.0152. The van der Waals surface area contributed by atoms with Gasteiger partial charge < -0.3 is 14.9 Å². The van der Waals surface area contributed by atoms with Gasteiger partial charge >= 0.3 is 11.9 Å². The highest BCUT2D eigenvalue weighted by Gasteiger charge is 2.14. The van der Waals surface area contributed by atoms with E-state index in [2.05, 4.69) is 53.3 Å². The van der Waals surface area contributed by atoms with Gasteiger partial charge in [0.05, 0.1) is 11.1 Å². The molecule has 5 heteroatoms. The summed E-state index contributed by atoms with van der Waals surface area (Å²) in [7, 11) is 0. The normalized spacial score (nSPS) is 9.81. The van der Waals surface area contributed by atoms with Crippen LogP contribution >= 0.6 is 0 Å². The standard InChI is InChI=1S/C14H10O5.C12H10/c15-11-5-1-9(2-6-11)13(17)19-14(18)10-3-7-12(16)8-4-10;1-3-7-11(8-4-1)12-9-5-2-6-10-12/h1-8,15-16H;1-10H. The second-order valence-corrected chi connectivity index (χ2v) is 6.50. The number of aromatic hydroxyl groups is 2. The third-order valence-electron chi connectivity index (χ3n) is 4.27. The lowest BCUT2D eigenvalue weighted by Crippen LogP contribution is -2.12. The molecule has 4 aromatic rings. The van der Waals surface area contributed by atoms with Crippen molar-refractivity contribution >= 4 is 11.9 Å². The van der Waals surface area contributed by atoms with Crippen molar-refractivity contribution in [2.45, 2.75) is 0 Å². The SMILES string of the molecule is O=C(OC(=O)c1ccc(O)cc1)c1ccc(O)cc1.c1ccc(-c2ccccc2)cc1. The monoisotopic (exact) mass is 412 g/mol. The van der Waals surface area contributed by atoms with Gasteiger partial charge in [-0.1, -0.05) is 60.7 Å². The van der Waals surface area contributed by atoms with Crippen molar-refractivity contribution in [1.29, 1.82) is 0 Å². The first kappa shape index (κ1) is 21.3. The average Bonchev–Trinajstić information content (AvgIpc) is 2.81. The van der Waals surface area contributed by atoms with E-state index in [4.69, 9.17) is 10.2 Å². The highest BCUT2D eigenvalue weighted by Crippen LogP contribution is 2.17. The summed E-state index contributed by atoms with van der Waals surface area (Å²) in [6, 6.07) is 31.5. The zero-order chi connectivity index (χ0) is 22.1. The number of esters is 2. The van der Waals surface area contributed by atoms with Crippen LogP contribution in [-0.4, -0.2) is 22.2 Å². The van der Waals surface area contributed by atoms with Crippen LogP contribution in [0.15, 0.2) is 109 Å². The van der Waals surface area contributed by atoms with E-state index >= 15 is 0 Å². The molecular formula is C26H20O5. The van der Waals surface area contributed by atoms with E-state index in [9.17, 15) is 9.59 Å². The highest BCUT2D eigenvalue weighted by molar-refractivity contribution is 6.02. The summed E-state index contributed by atoms with van der Waals surface area (Å²) in [5.41, 5.74) is 2.87. The molecular weight excluding hydrogens is 392 g/mol. The summed E-state index contributed by atoms with van der Waals surface area (Å²) >= 11 is 0. The van der Waals surface area contributed by atoms with Gasteiger partial charge in [-0.15, -0.1) is 0 Å². The smallest absolute Gasteiger partial charge is 0.346 e. The number of carbonyl (C=O) groups excluding carboxylic acids is 2. The van der Waals surface area contributed by atoms with Crippen molar-refractivity contribution in [2.24, 2.45) is 0 Å². The Bertz CT molecular complexity index is 1030. The van der Waals surface area contributed by atoms with Gasteiger partial charge in [-0.25, -0.2) is 9.59 Å². The summed E-state index contributed by atoms with van der Waals surface area (Å²) in [4.78, 5) is 23.3. The molecule has 0 aliphatic carbocycles. The maximum Gasteiger partial charge on any atom is 0.346 e. The summed E-state index contributed by atoms with van der Waals surface area (Å²) in [5.74, 6) is -1.58. The molecule has 0 radical (unpaired) electrons. The molecule has 0 amide bonds. The molecule has 154 valence electrons. The lowest BCUT2D eigenvalue weighted by atomic mass is 10.1. The average molecular weight is 412 g/mol. The van der Waals surface area contributed by atoms with Crippen LogP contribution in [0.4, 0.5) is 0 Å². The Hall–Kier alpha value is -4.38. The summed E-state index contributed by atoms with van der Waals surface area (Å²) < 4.78 is 4.66. The van der Waals surface area contributed by atoms with Crippen molar-refractivity contribution in [2.75, 3.05) is 0 Å². The number of ether oxygens (including phenoxy) is 1. The van der Waals surface area contributed by atoms with Crippen molar-refractivity contribution in [3.05, 3.63) is 120 Å². The molecule has 0 heterocycles. The van der Waals surface area contributed by atoms with Crippen LogP contribution in [0.1, 0.15) is 20.7 Å². The zero-order valence-corrected chi connectivity index (χ0v) is 16.5. The molecule has 0 fully saturated rings. The predicted molar refractivity (Wildman–Crippen MR) is 118 cm³/mol. The van der Waals surface area contributed by atoms with Crippen molar-refractivity contribution in [1.82, 2.24) is 0 Å². The number of benzene rings is 4. The molecule has 0 aliphatic heterocycles. The van der Waals surface area contributed by atoms with Crippen molar-refractivity contribution in [3.63, 3.8) is 0 Å². The Morgan fingerprint density at radius 2 is 0.806 bits per heavy atom. The van der Waals surface area contributed by atoms with Gasteiger partial charge in [0.1, 0.15) is 11.5 Å². The van der Waals surface area contributed by atoms with Crippen LogP contribution < -0.4 is 0 Å². The number of rotatable bonds is 3. The molecule has 0 unspecified atom stereocenters. The van der Waals surface area contributed by atoms with Gasteiger partial charge in [0, 0.05) is 0 Å². The highest BCUT2D eigenvalue weighted by atomic mass is 16.6. The number of phenolic OH excluding ortho intramolecular Hbond substituents is 2. The van der Waals surface area contributed by atoms with E-state index in [-0.39, 0.29) is 22.6 Å². The molecule has 0 saturated heterocycles.